The van der Waals surface area contributed by atoms with Crippen LogP contribution in [-0.4, -0.2) is 51.4 Å². The zero-order chi connectivity index (χ0) is 23.8. The van der Waals surface area contributed by atoms with Crippen LogP contribution in [-0.2, 0) is 0 Å². The number of carbonyl (C=O) groups excluding carboxylic acids is 2. The van der Waals surface area contributed by atoms with E-state index in [1.807, 2.05) is 18.0 Å². The predicted octanol–water partition coefficient (Wildman–Crippen LogP) is 5.02. The van der Waals surface area contributed by atoms with Crippen molar-refractivity contribution in [3.05, 3.63) is 28.5 Å². The van der Waals surface area contributed by atoms with Crippen LogP contribution in [0.25, 0.3) is 10.4 Å². The highest BCUT2D eigenvalue weighted by Gasteiger charge is 2.33. The second-order valence-corrected chi connectivity index (χ2v) is 11.4. The molecule has 0 spiro atoms. The number of pyridine rings is 1. The van der Waals surface area contributed by atoms with Gasteiger partial charge in [0.1, 0.15) is 11.5 Å². The first-order valence-electron chi connectivity index (χ1n) is 12.7. The lowest BCUT2D eigenvalue weighted by Crippen LogP contribution is -2.43. The third-order valence-electron chi connectivity index (χ3n) is 7.61. The highest BCUT2D eigenvalue weighted by Crippen LogP contribution is 2.36. The van der Waals surface area contributed by atoms with Crippen LogP contribution in [0.15, 0.2) is 12.3 Å². The van der Waals surface area contributed by atoms with Crippen LogP contribution < -0.4 is 10.6 Å². The van der Waals surface area contributed by atoms with Gasteiger partial charge in [0.25, 0.3) is 11.8 Å². The van der Waals surface area contributed by atoms with E-state index in [9.17, 15) is 9.59 Å². The fourth-order valence-electron chi connectivity index (χ4n) is 5.54. The van der Waals surface area contributed by atoms with Crippen molar-refractivity contribution in [3.8, 4) is 10.4 Å². The van der Waals surface area contributed by atoms with Gasteiger partial charge in [0.05, 0.1) is 4.88 Å². The Labute approximate surface area is 205 Å². The number of carbonyl (C=O) groups is 2. The number of aryl methyl sites for hydroxylation is 1. The van der Waals surface area contributed by atoms with Gasteiger partial charge in [0, 0.05) is 36.4 Å². The van der Waals surface area contributed by atoms with E-state index >= 15 is 0 Å². The molecule has 3 heterocycles. The maximum atomic E-state index is 13.5. The summed E-state index contributed by atoms with van der Waals surface area (Å²) < 4.78 is 0. The molecule has 2 aromatic heterocycles. The molecule has 8 heteroatoms. The number of likely N-dealkylation sites (tertiary alicyclic amines) is 1. The lowest BCUT2D eigenvalue weighted by molar-refractivity contribution is 0.0743. The fourth-order valence-corrected chi connectivity index (χ4v) is 6.57. The zero-order valence-electron chi connectivity index (χ0n) is 20.4. The molecule has 1 atom stereocenters. The van der Waals surface area contributed by atoms with Crippen molar-refractivity contribution in [2.75, 3.05) is 11.9 Å². The first kappa shape index (κ1) is 23.3. The molecular formula is C26H35N5O2S. The maximum absolute atomic E-state index is 13.5. The molecule has 0 aromatic carbocycles. The summed E-state index contributed by atoms with van der Waals surface area (Å²) in [5.41, 5.74) is 2.29. The van der Waals surface area contributed by atoms with Crippen LogP contribution in [0.2, 0.25) is 0 Å². The molecule has 5 rings (SSSR count). The Balaban J connectivity index is 1.45. The number of nitrogens with one attached hydrogen (secondary N) is 2. The average Bonchev–Trinajstić information content (AvgIpc) is 3.53. The number of thiazole rings is 1. The standard InChI is InChI=1S/C26H35N5O2S/c1-15-11-19(12-15)29-24(32)25-30-22(26(33)31-10-6-7-17(31)3)23(34-25)20-14-27-21(13-16(20)2)28-18-8-4-5-9-18/h13-15,17-19H,4-12H2,1-3H3,(H,27,28)(H,29,32)/t15-,17-,19-/m0/s1. The van der Waals surface area contributed by atoms with Crippen LogP contribution >= 0.6 is 11.3 Å². The molecule has 3 fully saturated rings. The Morgan fingerprint density at radius 2 is 1.85 bits per heavy atom. The summed E-state index contributed by atoms with van der Waals surface area (Å²) in [6, 6.07) is 2.93. The SMILES string of the molecule is Cc1cc(NC2CCCC2)ncc1-c1sc(C(=O)N[C@H]2C[C@H](C)C2)nc1C(=O)N1CCC[C@@H]1C. The number of hydrogen-bond donors (Lipinski definition) is 2. The minimum atomic E-state index is -0.179. The zero-order valence-corrected chi connectivity index (χ0v) is 21.2. The summed E-state index contributed by atoms with van der Waals surface area (Å²) in [6.45, 7) is 7.05. The summed E-state index contributed by atoms with van der Waals surface area (Å²) in [5.74, 6) is 1.26. The predicted molar refractivity (Wildman–Crippen MR) is 135 cm³/mol. The van der Waals surface area contributed by atoms with Crippen LogP contribution in [0.3, 0.4) is 0 Å². The Morgan fingerprint density at radius 3 is 2.50 bits per heavy atom. The van der Waals surface area contributed by atoms with Crippen LogP contribution in [0.1, 0.15) is 91.1 Å². The first-order valence-corrected chi connectivity index (χ1v) is 13.6. The molecule has 182 valence electrons. The van der Waals surface area contributed by atoms with Gasteiger partial charge in [-0.1, -0.05) is 19.8 Å². The quantitative estimate of drug-likeness (QED) is 0.605. The van der Waals surface area contributed by atoms with Gasteiger partial charge in [0.2, 0.25) is 0 Å². The van der Waals surface area contributed by atoms with E-state index < -0.39 is 0 Å². The topological polar surface area (TPSA) is 87.2 Å². The van der Waals surface area contributed by atoms with Crippen molar-refractivity contribution in [1.29, 1.82) is 0 Å². The largest absolute Gasteiger partial charge is 0.367 e. The van der Waals surface area contributed by atoms with E-state index in [2.05, 4.69) is 40.5 Å². The van der Waals surface area contributed by atoms with Crippen LogP contribution in [0, 0.1) is 12.8 Å². The summed E-state index contributed by atoms with van der Waals surface area (Å²) in [4.78, 5) is 38.4. The van der Waals surface area contributed by atoms with Crippen molar-refractivity contribution in [2.45, 2.75) is 90.3 Å². The molecule has 2 saturated carbocycles. The van der Waals surface area contributed by atoms with Gasteiger partial charge >= 0.3 is 0 Å². The molecule has 2 aromatic rings. The molecular weight excluding hydrogens is 446 g/mol. The average molecular weight is 482 g/mol. The third kappa shape index (κ3) is 4.69. The second-order valence-electron chi connectivity index (χ2n) is 10.4. The van der Waals surface area contributed by atoms with Gasteiger partial charge in [-0.15, -0.1) is 11.3 Å². The van der Waals surface area contributed by atoms with Gasteiger partial charge in [-0.05, 0) is 69.9 Å². The Bertz CT molecular complexity index is 1070. The van der Waals surface area contributed by atoms with Gasteiger partial charge in [-0.3, -0.25) is 9.59 Å². The molecule has 0 unspecified atom stereocenters. The minimum absolute atomic E-state index is 0.0832. The first-order chi connectivity index (χ1) is 16.4. The van der Waals surface area contributed by atoms with Gasteiger partial charge in [-0.25, -0.2) is 9.97 Å². The maximum Gasteiger partial charge on any atom is 0.280 e. The van der Waals surface area contributed by atoms with E-state index in [0.717, 1.165) is 54.0 Å². The number of hydrogen-bond acceptors (Lipinski definition) is 6. The summed E-state index contributed by atoms with van der Waals surface area (Å²) in [5, 5.41) is 7.00. The van der Waals surface area contributed by atoms with Crippen molar-refractivity contribution < 1.29 is 9.59 Å². The molecule has 3 aliphatic rings. The van der Waals surface area contributed by atoms with E-state index in [4.69, 9.17) is 0 Å². The van der Waals surface area contributed by atoms with Gasteiger partial charge < -0.3 is 15.5 Å². The second kappa shape index (κ2) is 9.64. The van der Waals surface area contributed by atoms with Crippen LogP contribution in [0.4, 0.5) is 5.82 Å². The molecule has 1 saturated heterocycles. The van der Waals surface area contributed by atoms with E-state index in [0.29, 0.717) is 22.7 Å². The Kier molecular flexibility index (Phi) is 6.60. The van der Waals surface area contributed by atoms with E-state index in [1.165, 1.54) is 37.0 Å². The van der Waals surface area contributed by atoms with Gasteiger partial charge in [0.15, 0.2) is 5.01 Å². The van der Waals surface area contributed by atoms with Crippen molar-refractivity contribution in [1.82, 2.24) is 20.2 Å². The normalized spacial score (nSPS) is 24.8. The molecule has 1 aliphatic heterocycles. The Morgan fingerprint density at radius 1 is 1.09 bits per heavy atom. The lowest BCUT2D eigenvalue weighted by atomic mass is 9.82. The monoisotopic (exact) mass is 481 g/mol. The van der Waals surface area contributed by atoms with E-state index in [-0.39, 0.29) is 23.9 Å². The Hall–Kier alpha value is -2.48. The third-order valence-corrected chi connectivity index (χ3v) is 8.70. The molecule has 0 radical (unpaired) electrons. The summed E-state index contributed by atoms with van der Waals surface area (Å²) >= 11 is 1.31. The highest BCUT2D eigenvalue weighted by atomic mass is 32.1. The molecule has 2 N–H and O–H groups in total. The number of rotatable bonds is 6. The molecule has 34 heavy (non-hydrogen) atoms. The molecule has 2 amide bonds. The van der Waals surface area contributed by atoms with E-state index in [1.54, 1.807) is 0 Å². The summed E-state index contributed by atoms with van der Waals surface area (Å²) in [6.07, 6.45) is 10.7. The number of nitrogens with zero attached hydrogens (tertiary/aromatic N) is 3. The molecule has 7 nitrogen and oxygen atoms in total. The van der Waals surface area contributed by atoms with Crippen LogP contribution in [0.5, 0.6) is 0 Å². The highest BCUT2D eigenvalue weighted by molar-refractivity contribution is 7.17. The molecule has 0 bridgehead atoms. The summed E-state index contributed by atoms with van der Waals surface area (Å²) in [7, 11) is 0. The smallest absolute Gasteiger partial charge is 0.280 e. The molecule has 2 aliphatic carbocycles. The van der Waals surface area contributed by atoms with Gasteiger partial charge in [-0.2, -0.15) is 0 Å². The lowest BCUT2D eigenvalue weighted by Gasteiger charge is -2.32. The van der Waals surface area contributed by atoms with Crippen molar-refractivity contribution >= 4 is 29.0 Å². The van der Waals surface area contributed by atoms with Crippen molar-refractivity contribution in [2.24, 2.45) is 5.92 Å². The number of anilines is 1. The fraction of sp³-hybridized carbons (Fsp3) is 0.615. The van der Waals surface area contributed by atoms with Crippen molar-refractivity contribution in [3.63, 3.8) is 0 Å². The number of aromatic nitrogens is 2. The minimum Gasteiger partial charge on any atom is -0.367 e. The number of amides is 2.